The van der Waals surface area contributed by atoms with Gasteiger partial charge in [-0.15, -0.1) is 0 Å². The molecule has 1 aromatic rings. The van der Waals surface area contributed by atoms with E-state index in [4.69, 9.17) is 10.2 Å². The van der Waals surface area contributed by atoms with Gasteiger partial charge >= 0.3 is 29.6 Å². The van der Waals surface area contributed by atoms with Gasteiger partial charge in [0.1, 0.15) is 12.3 Å². The van der Waals surface area contributed by atoms with Crippen molar-refractivity contribution in [1.29, 1.82) is 0 Å². The van der Waals surface area contributed by atoms with E-state index in [1.165, 1.54) is 18.2 Å². The van der Waals surface area contributed by atoms with Crippen molar-refractivity contribution in [2.45, 2.75) is 0 Å². The van der Waals surface area contributed by atoms with Crippen molar-refractivity contribution in [2.24, 2.45) is 0 Å². The minimum atomic E-state index is -1.36. The fourth-order valence-electron chi connectivity index (χ4n) is 0.946. The first kappa shape index (κ1) is 19.7. The van der Waals surface area contributed by atoms with Crippen LogP contribution >= 0.6 is 0 Å². The van der Waals surface area contributed by atoms with Crippen LogP contribution in [0.1, 0.15) is 10.4 Å². The van der Waals surface area contributed by atoms with E-state index in [0.717, 1.165) is 11.0 Å². The molecular formula is C12H19NNaO4+. The molecule has 0 heterocycles. The van der Waals surface area contributed by atoms with E-state index in [2.05, 4.69) is 21.1 Å². The minimum absolute atomic E-state index is 0. The molecule has 0 bridgehead atoms. The van der Waals surface area contributed by atoms with Crippen molar-refractivity contribution in [3.05, 3.63) is 29.8 Å². The van der Waals surface area contributed by atoms with Crippen molar-refractivity contribution in [3.63, 3.8) is 0 Å². The molecule has 96 valence electrons. The number of benzene rings is 1. The number of likely N-dealkylation sites (N-methyl/N-ethyl adjacent to an activating group) is 1. The average molecular weight is 264 g/mol. The number of carboxylic acids is 1. The predicted octanol–water partition coefficient (Wildman–Crippen LogP) is -3.56. The van der Waals surface area contributed by atoms with Crippen molar-refractivity contribution in [3.8, 4) is 5.75 Å². The summed E-state index contributed by atoms with van der Waals surface area (Å²) in [6.07, 6.45) is 0. The van der Waals surface area contributed by atoms with Gasteiger partial charge in [0.15, 0.2) is 0 Å². The van der Waals surface area contributed by atoms with Gasteiger partial charge in [0, 0.05) is 5.56 Å². The van der Waals surface area contributed by atoms with E-state index in [0.29, 0.717) is 0 Å². The Hall–Kier alpha value is -0.590. The molecule has 0 saturated heterocycles. The summed E-state index contributed by atoms with van der Waals surface area (Å²) in [4.78, 5) is 10.2. The maximum atomic E-state index is 10.2. The molecule has 6 heteroatoms. The van der Waals surface area contributed by atoms with Gasteiger partial charge in [-0.1, -0.05) is 12.1 Å². The second kappa shape index (κ2) is 9.35. The molecule has 0 spiro atoms. The van der Waals surface area contributed by atoms with Crippen LogP contribution in [0.4, 0.5) is 0 Å². The molecule has 0 aliphatic carbocycles. The number of aliphatic hydroxyl groups is 1. The molecule has 1 rings (SSSR count). The molecule has 0 saturated carbocycles. The van der Waals surface area contributed by atoms with Crippen molar-refractivity contribution in [2.75, 3.05) is 34.3 Å². The van der Waals surface area contributed by atoms with Gasteiger partial charge in [-0.2, -0.15) is 0 Å². The zero-order chi connectivity index (χ0) is 13.5. The molecule has 1 aromatic carbocycles. The van der Waals surface area contributed by atoms with Crippen LogP contribution in [0.15, 0.2) is 24.3 Å². The van der Waals surface area contributed by atoms with Crippen LogP contribution in [-0.4, -0.2) is 55.0 Å². The second-order valence-electron chi connectivity index (χ2n) is 4.54. The van der Waals surface area contributed by atoms with E-state index in [1.807, 2.05) is 0 Å². The van der Waals surface area contributed by atoms with Gasteiger partial charge < -0.3 is 24.6 Å². The number of para-hydroxylation sites is 1. The van der Waals surface area contributed by atoms with Crippen LogP contribution in [0.25, 0.3) is 0 Å². The molecule has 0 aliphatic heterocycles. The largest absolute Gasteiger partial charge is 1.00 e. The fourth-order valence-corrected chi connectivity index (χ4v) is 0.946. The number of aromatic carboxylic acids is 1. The van der Waals surface area contributed by atoms with Crippen molar-refractivity contribution in [1.82, 2.24) is 0 Å². The maximum Gasteiger partial charge on any atom is 1.00 e. The maximum absolute atomic E-state index is 10.2. The smallest absolute Gasteiger partial charge is 0.545 e. The zero-order valence-electron chi connectivity index (χ0n) is 11.4. The standard InChI is InChI=1S/C7H6O3.C5H14NO.Na/c8-6-4-2-1-3-5(6)7(9)10;1-6(2,3)4-5-7;/h1-4,8H,(H,9,10);7H,4-5H2,1-3H3;/q;2*+1/p-1. The van der Waals surface area contributed by atoms with E-state index in [-0.39, 0.29) is 47.5 Å². The quantitative estimate of drug-likeness (QED) is 0.437. The summed E-state index contributed by atoms with van der Waals surface area (Å²) >= 11 is 0. The first-order chi connectivity index (χ1) is 7.78. The molecule has 0 radical (unpaired) electrons. The number of aliphatic hydroxyl groups excluding tert-OH is 1. The molecule has 5 nitrogen and oxygen atoms in total. The summed E-state index contributed by atoms with van der Waals surface area (Å²) in [5.74, 6) is -1.62. The Kier molecular flexibility index (Phi) is 10.3. The number of carboxylic acid groups (broad SMARTS) is 1. The van der Waals surface area contributed by atoms with Gasteiger partial charge in [-0.25, -0.2) is 0 Å². The molecule has 0 aromatic heterocycles. The van der Waals surface area contributed by atoms with Gasteiger partial charge in [-0.3, -0.25) is 0 Å². The second-order valence-corrected chi connectivity index (χ2v) is 4.54. The third-order valence-electron chi connectivity index (χ3n) is 1.89. The zero-order valence-corrected chi connectivity index (χ0v) is 13.4. The number of hydrogen-bond acceptors (Lipinski definition) is 4. The summed E-state index contributed by atoms with van der Waals surface area (Å²) in [5, 5.41) is 27.4. The topological polar surface area (TPSA) is 80.6 Å². The SMILES string of the molecule is C[N+](C)(C)CCO.O=C([O-])c1ccccc1O.[Na+]. The number of carbonyl (C=O) groups is 1. The summed E-state index contributed by atoms with van der Waals surface area (Å²) in [5.41, 5.74) is -0.178. The summed E-state index contributed by atoms with van der Waals surface area (Å²) in [7, 11) is 6.16. The number of nitrogens with zero attached hydrogens (tertiary/aromatic N) is 1. The molecule has 0 unspecified atom stereocenters. The molecule has 0 fully saturated rings. The Morgan fingerprint density at radius 1 is 1.28 bits per heavy atom. The summed E-state index contributed by atoms with van der Waals surface area (Å²) in [6, 6.07) is 5.64. The first-order valence-corrected chi connectivity index (χ1v) is 5.18. The van der Waals surface area contributed by atoms with Crippen LogP contribution in [0.5, 0.6) is 5.75 Å². The minimum Gasteiger partial charge on any atom is -0.545 e. The number of quaternary nitrogens is 1. The third kappa shape index (κ3) is 9.44. The Morgan fingerprint density at radius 2 is 1.78 bits per heavy atom. The van der Waals surface area contributed by atoms with Gasteiger partial charge in [-0.05, 0) is 12.1 Å². The molecule has 0 aliphatic rings. The van der Waals surface area contributed by atoms with Gasteiger partial charge in [0.2, 0.25) is 0 Å². The van der Waals surface area contributed by atoms with Crippen LogP contribution in [0.3, 0.4) is 0 Å². The molecule has 0 amide bonds. The van der Waals surface area contributed by atoms with Crippen LogP contribution in [-0.2, 0) is 0 Å². The Bertz CT molecular complexity index is 363. The number of phenols is 1. The molecule has 0 atom stereocenters. The number of hydrogen-bond donors (Lipinski definition) is 2. The van der Waals surface area contributed by atoms with Crippen LogP contribution in [0.2, 0.25) is 0 Å². The Balaban J connectivity index is 0. The third-order valence-corrected chi connectivity index (χ3v) is 1.89. The van der Waals surface area contributed by atoms with Gasteiger partial charge in [0.25, 0.3) is 0 Å². The van der Waals surface area contributed by atoms with E-state index >= 15 is 0 Å². The molecule has 2 N–H and O–H groups in total. The monoisotopic (exact) mass is 264 g/mol. The average Bonchev–Trinajstić information content (AvgIpc) is 2.16. The van der Waals surface area contributed by atoms with Gasteiger partial charge in [0.05, 0.1) is 33.7 Å². The summed E-state index contributed by atoms with van der Waals surface area (Å²) in [6.45, 7) is 1.11. The van der Waals surface area contributed by atoms with E-state index < -0.39 is 5.97 Å². The van der Waals surface area contributed by atoms with E-state index in [1.54, 1.807) is 6.07 Å². The Morgan fingerprint density at radius 3 is 2.00 bits per heavy atom. The van der Waals surface area contributed by atoms with Crippen LogP contribution < -0.4 is 34.7 Å². The van der Waals surface area contributed by atoms with Crippen molar-refractivity contribution >= 4 is 5.97 Å². The molecule has 18 heavy (non-hydrogen) atoms. The number of aromatic hydroxyl groups is 1. The first-order valence-electron chi connectivity index (χ1n) is 5.18. The molecular weight excluding hydrogens is 245 g/mol. The normalized spacial score (nSPS) is 9.78. The summed E-state index contributed by atoms with van der Waals surface area (Å²) < 4.78 is 0.844. The number of rotatable bonds is 3. The fraction of sp³-hybridized carbons (Fsp3) is 0.417. The van der Waals surface area contributed by atoms with E-state index in [9.17, 15) is 9.90 Å². The predicted molar refractivity (Wildman–Crippen MR) is 62.4 cm³/mol. The Labute approximate surface area is 130 Å². The number of carbonyl (C=O) groups excluding carboxylic acids is 1. The van der Waals surface area contributed by atoms with Crippen molar-refractivity contribution < 1.29 is 54.2 Å². The van der Waals surface area contributed by atoms with Crippen LogP contribution in [0, 0.1) is 0 Å².